The molecule has 0 aliphatic carbocycles. The van der Waals surface area contributed by atoms with Crippen LogP contribution >= 0.6 is 11.3 Å². The summed E-state index contributed by atoms with van der Waals surface area (Å²) in [4.78, 5) is 0. The van der Waals surface area contributed by atoms with E-state index in [-0.39, 0.29) is 0 Å². The molecule has 0 fully saturated rings. The minimum absolute atomic E-state index is 1.15. The van der Waals surface area contributed by atoms with Crippen molar-refractivity contribution in [2.24, 2.45) is 0 Å². The van der Waals surface area contributed by atoms with Crippen LogP contribution in [0.15, 0.2) is 66.0 Å². The molecule has 0 saturated carbocycles. The number of hydrogen-bond donors (Lipinski definition) is 0. The van der Waals surface area contributed by atoms with Crippen LogP contribution in [0.4, 0.5) is 0 Å². The van der Waals surface area contributed by atoms with Gasteiger partial charge in [-0.25, -0.2) is 0 Å². The molecular weight excluding hydrogens is 308 g/mol. The quantitative estimate of drug-likeness (QED) is 0.235. The molecule has 0 nitrogen and oxygen atoms in total. The molecule has 0 spiro atoms. The number of fused-ring (bicyclic) bond motifs is 6. The first-order valence-electron chi connectivity index (χ1n) is 8.59. The van der Waals surface area contributed by atoms with Crippen LogP contribution in [-0.4, -0.2) is 0 Å². The molecule has 0 N–H and O–H groups in total. The van der Waals surface area contributed by atoms with E-state index in [4.69, 9.17) is 0 Å². The predicted octanol–water partition coefficient (Wildman–Crippen LogP) is 7.31. The highest BCUT2D eigenvalue weighted by Crippen LogP contribution is 2.35. The van der Waals surface area contributed by atoms with Gasteiger partial charge in [0.15, 0.2) is 0 Å². The van der Waals surface area contributed by atoms with Crippen LogP contribution in [0.3, 0.4) is 0 Å². The Labute approximate surface area is 145 Å². The van der Waals surface area contributed by atoms with Gasteiger partial charge in [-0.2, -0.15) is 0 Å². The molecule has 1 heteroatoms. The molecule has 5 aromatic rings. The lowest BCUT2D eigenvalue weighted by molar-refractivity contribution is 0.924. The fraction of sp³-hybridized carbons (Fsp3) is 0.130. The largest absolute Gasteiger partial charge is 0.144 e. The lowest BCUT2D eigenvalue weighted by atomic mass is 9.96. The third-order valence-corrected chi connectivity index (χ3v) is 5.89. The fourth-order valence-electron chi connectivity index (χ4n) is 3.83. The summed E-state index contributed by atoms with van der Waals surface area (Å²) in [6.45, 7) is 2.24. The molecule has 0 saturated heterocycles. The van der Waals surface area contributed by atoms with Crippen LogP contribution in [0.25, 0.3) is 42.4 Å². The Kier molecular flexibility index (Phi) is 3.11. The molecular formula is C23H18S. The van der Waals surface area contributed by atoms with Crippen LogP contribution in [0, 0.1) is 0 Å². The summed E-state index contributed by atoms with van der Waals surface area (Å²) >= 11 is 1.82. The molecule has 0 aliphatic rings. The normalized spacial score (nSPS) is 11.9. The van der Waals surface area contributed by atoms with E-state index in [1.165, 1.54) is 54.4 Å². The smallest absolute Gasteiger partial charge is 0.0349 e. The molecule has 24 heavy (non-hydrogen) atoms. The molecule has 0 aliphatic heterocycles. The van der Waals surface area contributed by atoms with Gasteiger partial charge < -0.3 is 0 Å². The van der Waals surface area contributed by atoms with Gasteiger partial charge in [0.25, 0.3) is 0 Å². The molecule has 0 radical (unpaired) electrons. The summed E-state index contributed by atoms with van der Waals surface area (Å²) in [6, 6.07) is 23.0. The highest BCUT2D eigenvalue weighted by atomic mass is 32.1. The second kappa shape index (κ2) is 5.32. The molecule has 0 atom stereocenters. The monoisotopic (exact) mass is 326 g/mol. The zero-order valence-electron chi connectivity index (χ0n) is 13.7. The van der Waals surface area contributed by atoms with Gasteiger partial charge in [0.05, 0.1) is 0 Å². The van der Waals surface area contributed by atoms with Crippen LogP contribution in [-0.2, 0) is 6.42 Å². The van der Waals surface area contributed by atoms with Crippen molar-refractivity contribution in [3.8, 4) is 0 Å². The Bertz CT molecular complexity index is 1210. The highest BCUT2D eigenvalue weighted by Gasteiger charge is 2.07. The first-order chi connectivity index (χ1) is 11.8. The van der Waals surface area contributed by atoms with E-state index >= 15 is 0 Å². The van der Waals surface area contributed by atoms with E-state index in [1.54, 1.807) is 0 Å². The van der Waals surface area contributed by atoms with E-state index in [2.05, 4.69) is 73.0 Å². The van der Waals surface area contributed by atoms with Gasteiger partial charge in [0.2, 0.25) is 0 Å². The van der Waals surface area contributed by atoms with Crippen molar-refractivity contribution >= 4 is 53.7 Å². The SMILES string of the molecule is CCCc1ccc2cc3c(ccc4c5ccsc5ccc34)cc2c1. The lowest BCUT2D eigenvalue weighted by Gasteiger charge is -2.09. The van der Waals surface area contributed by atoms with Crippen molar-refractivity contribution in [3.63, 3.8) is 0 Å². The third-order valence-electron chi connectivity index (χ3n) is 5.01. The second-order valence-electron chi connectivity index (χ2n) is 6.56. The first-order valence-corrected chi connectivity index (χ1v) is 9.47. The van der Waals surface area contributed by atoms with Gasteiger partial charge in [0.1, 0.15) is 0 Å². The molecule has 0 bridgehead atoms. The highest BCUT2D eigenvalue weighted by molar-refractivity contribution is 7.17. The fourth-order valence-corrected chi connectivity index (χ4v) is 4.64. The molecule has 116 valence electrons. The third kappa shape index (κ3) is 2.05. The summed E-state index contributed by atoms with van der Waals surface area (Å²) < 4.78 is 1.37. The second-order valence-corrected chi connectivity index (χ2v) is 7.51. The molecule has 5 rings (SSSR count). The molecule has 1 heterocycles. The zero-order chi connectivity index (χ0) is 16.1. The van der Waals surface area contributed by atoms with Crippen molar-refractivity contribution in [2.45, 2.75) is 19.8 Å². The van der Waals surface area contributed by atoms with Crippen molar-refractivity contribution in [2.75, 3.05) is 0 Å². The topological polar surface area (TPSA) is 0 Å². The van der Waals surface area contributed by atoms with Crippen LogP contribution in [0.2, 0.25) is 0 Å². The average molecular weight is 326 g/mol. The van der Waals surface area contributed by atoms with Crippen molar-refractivity contribution in [1.29, 1.82) is 0 Å². The Morgan fingerprint density at radius 3 is 2.42 bits per heavy atom. The molecule has 1 aromatic heterocycles. The van der Waals surface area contributed by atoms with Crippen molar-refractivity contribution in [3.05, 3.63) is 71.6 Å². The number of hydrogen-bond acceptors (Lipinski definition) is 1. The zero-order valence-corrected chi connectivity index (χ0v) is 14.5. The van der Waals surface area contributed by atoms with Crippen LogP contribution in [0.5, 0.6) is 0 Å². The van der Waals surface area contributed by atoms with E-state index in [0.29, 0.717) is 0 Å². The van der Waals surface area contributed by atoms with Gasteiger partial charge in [-0.1, -0.05) is 49.7 Å². The van der Waals surface area contributed by atoms with Crippen LogP contribution in [0.1, 0.15) is 18.9 Å². The van der Waals surface area contributed by atoms with Crippen molar-refractivity contribution in [1.82, 2.24) is 0 Å². The van der Waals surface area contributed by atoms with E-state index in [1.807, 2.05) is 11.3 Å². The molecule has 4 aromatic carbocycles. The maximum Gasteiger partial charge on any atom is 0.0349 e. The van der Waals surface area contributed by atoms with E-state index in [0.717, 1.165) is 6.42 Å². The van der Waals surface area contributed by atoms with E-state index < -0.39 is 0 Å². The van der Waals surface area contributed by atoms with E-state index in [9.17, 15) is 0 Å². The standard InChI is InChI=1S/C23H18S/c1-2-3-15-4-5-16-14-22-17(13-18(16)12-15)6-7-19-20(22)8-9-23-21(19)10-11-24-23/h4-14H,2-3H2,1H3. The Balaban J connectivity index is 1.86. The van der Waals surface area contributed by atoms with Gasteiger partial charge in [0, 0.05) is 10.1 Å². The van der Waals surface area contributed by atoms with Gasteiger partial charge in [-0.05, 0) is 73.9 Å². The summed E-state index contributed by atoms with van der Waals surface area (Å²) in [6.07, 6.45) is 2.35. The summed E-state index contributed by atoms with van der Waals surface area (Å²) in [7, 11) is 0. The number of thiophene rings is 1. The summed E-state index contributed by atoms with van der Waals surface area (Å²) in [5.41, 5.74) is 1.44. The number of benzene rings is 4. The van der Waals surface area contributed by atoms with Gasteiger partial charge in [-0.3, -0.25) is 0 Å². The van der Waals surface area contributed by atoms with Gasteiger partial charge in [-0.15, -0.1) is 11.3 Å². The average Bonchev–Trinajstić information content (AvgIpc) is 3.09. The molecule has 0 unspecified atom stereocenters. The minimum Gasteiger partial charge on any atom is -0.144 e. The van der Waals surface area contributed by atoms with Gasteiger partial charge >= 0.3 is 0 Å². The van der Waals surface area contributed by atoms with Crippen molar-refractivity contribution < 1.29 is 0 Å². The summed E-state index contributed by atoms with van der Waals surface area (Å²) in [5.74, 6) is 0. The minimum atomic E-state index is 1.15. The summed E-state index contributed by atoms with van der Waals surface area (Å²) in [5, 5.41) is 11.7. The maximum atomic E-state index is 2.36. The van der Waals surface area contributed by atoms with Crippen LogP contribution < -0.4 is 0 Å². The Hall–Kier alpha value is -2.38. The maximum absolute atomic E-state index is 2.36. The molecule has 0 amide bonds. The first kappa shape index (κ1) is 14.0. The predicted molar refractivity (Wildman–Crippen MR) is 108 cm³/mol. The Morgan fingerprint density at radius 2 is 1.50 bits per heavy atom. The number of rotatable bonds is 2. The number of aryl methyl sites for hydroxylation is 1. The lowest BCUT2D eigenvalue weighted by Crippen LogP contribution is -1.84. The Morgan fingerprint density at radius 1 is 0.667 bits per heavy atom.